The molecule has 0 bridgehead atoms. The summed E-state index contributed by atoms with van der Waals surface area (Å²) < 4.78 is 0. The van der Waals surface area contributed by atoms with Gasteiger partial charge >= 0.3 is 0 Å². The largest absolute Gasteiger partial charge is 0.123 e. The van der Waals surface area contributed by atoms with Crippen molar-refractivity contribution >= 4 is 0 Å². The molecule has 0 unspecified atom stereocenters. The van der Waals surface area contributed by atoms with Gasteiger partial charge in [-0.25, -0.2) is 0 Å². The van der Waals surface area contributed by atoms with E-state index in [1.807, 2.05) is 0 Å². The first-order valence-corrected chi connectivity index (χ1v) is 3.60. The molecule has 9 heavy (non-hydrogen) atoms. The van der Waals surface area contributed by atoms with Crippen LogP contribution in [0.2, 0.25) is 0 Å². The molecule has 0 amide bonds. The van der Waals surface area contributed by atoms with Crippen LogP contribution in [0.15, 0.2) is 16.9 Å². The average molecular weight is 122 g/mol. The van der Waals surface area contributed by atoms with Crippen molar-refractivity contribution in [2.45, 2.75) is 33.6 Å². The summed E-state index contributed by atoms with van der Waals surface area (Å²) in [6, 6.07) is 0. The Kier molecular flexibility index (Phi) is 1.78. The summed E-state index contributed by atoms with van der Waals surface area (Å²) in [5.41, 5.74) is 6.19. The fraction of sp³-hybridized carbons (Fsp3) is 0.667. The van der Waals surface area contributed by atoms with Gasteiger partial charge in [0, 0.05) is 0 Å². The first-order valence-electron chi connectivity index (χ1n) is 3.60. The van der Waals surface area contributed by atoms with Crippen LogP contribution in [0.4, 0.5) is 0 Å². The fourth-order valence-corrected chi connectivity index (χ4v) is 1.58. The quantitative estimate of drug-likeness (QED) is 0.433. The zero-order chi connectivity index (χ0) is 6.85. The van der Waals surface area contributed by atoms with E-state index in [9.17, 15) is 0 Å². The molecule has 0 N–H and O–H groups in total. The van der Waals surface area contributed by atoms with Crippen molar-refractivity contribution in [1.82, 2.24) is 0 Å². The lowest BCUT2D eigenvalue weighted by molar-refractivity contribution is 0.559. The summed E-state index contributed by atoms with van der Waals surface area (Å²) in [5.74, 6) is 0.853. The number of hydrogen-bond donors (Lipinski definition) is 0. The minimum absolute atomic E-state index is 0.853. The van der Waals surface area contributed by atoms with Gasteiger partial charge in [0.05, 0.1) is 0 Å². The Hall–Kier alpha value is -0.480. The van der Waals surface area contributed by atoms with Crippen molar-refractivity contribution in [2.75, 3.05) is 0 Å². The lowest BCUT2D eigenvalue weighted by Gasteiger charge is -2.14. The highest BCUT2D eigenvalue weighted by atomic mass is 14.1. The lowest BCUT2D eigenvalue weighted by Crippen LogP contribution is -1.99. The van der Waals surface area contributed by atoms with Crippen LogP contribution in [0.1, 0.15) is 33.6 Å². The Morgan fingerprint density at radius 2 is 1.67 bits per heavy atom. The molecule has 0 aliphatic heterocycles. The molecule has 0 saturated carbocycles. The average Bonchev–Trinajstić information content (AvgIpc) is 1.59. The number of allylic oxidation sites excluding steroid dienone is 1. The highest BCUT2D eigenvalue weighted by molar-refractivity contribution is 5.11. The molecule has 0 aromatic heterocycles. The van der Waals surface area contributed by atoms with Gasteiger partial charge in [-0.1, -0.05) is 6.92 Å². The molecule has 0 heteroatoms. The van der Waals surface area contributed by atoms with Crippen molar-refractivity contribution in [2.24, 2.45) is 5.92 Å². The maximum absolute atomic E-state index is 3.34. The van der Waals surface area contributed by atoms with Gasteiger partial charge in [0.25, 0.3) is 0 Å². The van der Waals surface area contributed by atoms with Gasteiger partial charge in [-0.05, 0) is 43.8 Å². The Bertz CT molecular complexity index is 152. The molecule has 1 aliphatic carbocycles. The molecule has 0 fully saturated rings. The van der Waals surface area contributed by atoms with Gasteiger partial charge in [-0.2, -0.15) is 0 Å². The fourth-order valence-electron chi connectivity index (χ4n) is 1.58. The maximum Gasteiger partial charge on any atom is -0.0218 e. The molecule has 0 atom stereocenters. The van der Waals surface area contributed by atoms with E-state index < -0.39 is 0 Å². The summed E-state index contributed by atoms with van der Waals surface area (Å²) in [6.07, 6.45) is 2.49. The van der Waals surface area contributed by atoms with Crippen LogP contribution in [0.25, 0.3) is 0 Å². The molecular formula is C9H14. The van der Waals surface area contributed by atoms with Gasteiger partial charge in [0.2, 0.25) is 0 Å². The van der Waals surface area contributed by atoms with E-state index >= 15 is 0 Å². The Morgan fingerprint density at radius 3 is 2.00 bits per heavy atom. The van der Waals surface area contributed by atoms with Gasteiger partial charge in [0.15, 0.2) is 0 Å². The lowest BCUT2D eigenvalue weighted by atomic mass is 9.91. The SMILES string of the molecule is CC1=C=C(C)CC(C)C1. The second-order valence-corrected chi connectivity index (χ2v) is 3.20. The van der Waals surface area contributed by atoms with Gasteiger partial charge in [0.1, 0.15) is 0 Å². The minimum atomic E-state index is 0.853. The summed E-state index contributed by atoms with van der Waals surface area (Å²) in [6.45, 7) is 6.63. The zero-order valence-corrected chi connectivity index (χ0v) is 6.49. The second-order valence-electron chi connectivity index (χ2n) is 3.20. The molecule has 50 valence electrons. The van der Waals surface area contributed by atoms with E-state index in [-0.39, 0.29) is 0 Å². The van der Waals surface area contributed by atoms with Crippen molar-refractivity contribution < 1.29 is 0 Å². The van der Waals surface area contributed by atoms with Crippen LogP contribution in [0.3, 0.4) is 0 Å². The smallest absolute Gasteiger partial charge is 0.0218 e. The molecule has 1 rings (SSSR count). The van der Waals surface area contributed by atoms with Crippen LogP contribution in [-0.2, 0) is 0 Å². The summed E-state index contributed by atoms with van der Waals surface area (Å²) in [7, 11) is 0. The predicted octanol–water partition coefficient (Wildman–Crippen LogP) is 2.91. The van der Waals surface area contributed by atoms with Crippen molar-refractivity contribution in [3.8, 4) is 0 Å². The third-order valence-corrected chi connectivity index (χ3v) is 1.74. The van der Waals surface area contributed by atoms with Crippen LogP contribution >= 0.6 is 0 Å². The molecule has 0 aromatic carbocycles. The molecule has 0 heterocycles. The van der Waals surface area contributed by atoms with Gasteiger partial charge < -0.3 is 0 Å². The topological polar surface area (TPSA) is 0 Å². The van der Waals surface area contributed by atoms with Crippen LogP contribution in [-0.4, -0.2) is 0 Å². The Labute approximate surface area is 57.3 Å². The summed E-state index contributed by atoms with van der Waals surface area (Å²) >= 11 is 0. The Balaban J connectivity index is 2.79. The molecule has 1 aliphatic rings. The highest BCUT2D eigenvalue weighted by Gasteiger charge is 2.07. The standard InChI is InChI=1S/C9H14/c1-7-4-8(2)6-9(3)5-7/h7H,4-5H2,1-3H3. The van der Waals surface area contributed by atoms with Crippen molar-refractivity contribution in [3.05, 3.63) is 16.9 Å². The van der Waals surface area contributed by atoms with Crippen molar-refractivity contribution in [1.29, 1.82) is 0 Å². The first-order chi connectivity index (χ1) is 4.18. The van der Waals surface area contributed by atoms with E-state index in [1.54, 1.807) is 0 Å². The zero-order valence-electron chi connectivity index (χ0n) is 6.49. The minimum Gasteiger partial charge on any atom is -0.123 e. The second kappa shape index (κ2) is 2.41. The Morgan fingerprint density at radius 1 is 1.22 bits per heavy atom. The van der Waals surface area contributed by atoms with Gasteiger partial charge in [-0.3, -0.25) is 0 Å². The summed E-state index contributed by atoms with van der Waals surface area (Å²) in [5, 5.41) is 0. The van der Waals surface area contributed by atoms with E-state index in [4.69, 9.17) is 0 Å². The monoisotopic (exact) mass is 122 g/mol. The van der Waals surface area contributed by atoms with Crippen LogP contribution in [0.5, 0.6) is 0 Å². The first kappa shape index (κ1) is 6.64. The van der Waals surface area contributed by atoms with E-state index in [0.29, 0.717) is 0 Å². The van der Waals surface area contributed by atoms with E-state index in [2.05, 4.69) is 26.5 Å². The predicted molar refractivity (Wildman–Crippen MR) is 40.3 cm³/mol. The number of hydrogen-bond acceptors (Lipinski definition) is 0. The molecule has 0 spiro atoms. The maximum atomic E-state index is 3.34. The normalized spacial score (nSPS) is 21.2. The molecule has 0 aromatic rings. The van der Waals surface area contributed by atoms with Crippen LogP contribution in [0, 0.1) is 5.92 Å². The highest BCUT2D eigenvalue weighted by Crippen LogP contribution is 2.22. The molecule has 0 radical (unpaired) electrons. The molecule has 0 nitrogen and oxygen atoms in total. The van der Waals surface area contributed by atoms with E-state index in [1.165, 1.54) is 24.0 Å². The summed E-state index contributed by atoms with van der Waals surface area (Å²) in [4.78, 5) is 0. The van der Waals surface area contributed by atoms with Crippen molar-refractivity contribution in [3.63, 3.8) is 0 Å². The van der Waals surface area contributed by atoms with Gasteiger partial charge in [-0.15, -0.1) is 5.73 Å². The van der Waals surface area contributed by atoms with E-state index in [0.717, 1.165) is 5.92 Å². The van der Waals surface area contributed by atoms with Crippen LogP contribution < -0.4 is 0 Å². The third kappa shape index (κ3) is 1.73. The molecule has 0 saturated heterocycles. The third-order valence-electron chi connectivity index (χ3n) is 1.74. The number of rotatable bonds is 0. The molecular weight excluding hydrogens is 108 g/mol.